The Hall–Kier alpha value is -3.12. The maximum Gasteiger partial charge on any atom is 0.415 e. The number of nitrogens with one attached hydrogen (secondary N) is 1. The molecule has 2 aromatic carbocycles. The molecule has 0 bridgehead atoms. The largest absolute Gasteiger partial charge is 0.415 e. The molecular weight excluding hydrogens is 364 g/mol. The standard InChI is InChI=1S/C23H26N4O2/c28-23(29-22-11-5-2-6-12-22)26-15-7-8-19(13-16-26)24-18-20-14-17-27(25-20)21-9-3-1-4-10-21/h1-6,9-12,14,17,19,24H,7-8,13,15-16,18H2. The van der Waals surface area contributed by atoms with E-state index >= 15 is 0 Å². The highest BCUT2D eigenvalue weighted by Crippen LogP contribution is 2.15. The predicted octanol–water partition coefficient (Wildman–Crippen LogP) is 4.02. The van der Waals surface area contributed by atoms with Crippen molar-refractivity contribution in [2.45, 2.75) is 31.8 Å². The van der Waals surface area contributed by atoms with Gasteiger partial charge in [-0.2, -0.15) is 5.10 Å². The summed E-state index contributed by atoms with van der Waals surface area (Å²) in [6.45, 7) is 2.15. The number of likely N-dealkylation sites (tertiary alicyclic amines) is 1. The molecule has 1 amide bonds. The molecule has 4 rings (SSSR count). The first-order valence-electron chi connectivity index (χ1n) is 10.1. The zero-order valence-electron chi connectivity index (χ0n) is 16.4. The molecule has 1 aliphatic rings. The lowest BCUT2D eigenvalue weighted by Crippen LogP contribution is -2.35. The first kappa shape index (κ1) is 19.2. The maximum absolute atomic E-state index is 12.4. The fourth-order valence-electron chi connectivity index (χ4n) is 3.57. The van der Waals surface area contributed by atoms with Crippen LogP contribution in [0.25, 0.3) is 5.69 Å². The van der Waals surface area contributed by atoms with Crippen molar-refractivity contribution in [1.29, 1.82) is 0 Å². The van der Waals surface area contributed by atoms with Gasteiger partial charge in [0.15, 0.2) is 0 Å². The highest BCUT2D eigenvalue weighted by Gasteiger charge is 2.22. The van der Waals surface area contributed by atoms with Crippen molar-refractivity contribution in [2.75, 3.05) is 13.1 Å². The topological polar surface area (TPSA) is 59.4 Å². The number of amides is 1. The van der Waals surface area contributed by atoms with E-state index in [1.165, 1.54) is 0 Å². The summed E-state index contributed by atoms with van der Waals surface area (Å²) < 4.78 is 7.37. The molecule has 1 saturated heterocycles. The molecule has 2 heterocycles. The Balaban J connectivity index is 1.26. The number of ether oxygens (including phenoxy) is 1. The van der Waals surface area contributed by atoms with E-state index in [2.05, 4.69) is 10.4 Å². The first-order valence-corrected chi connectivity index (χ1v) is 10.1. The van der Waals surface area contributed by atoms with Crippen molar-refractivity contribution < 1.29 is 9.53 Å². The Bertz CT molecular complexity index is 911. The molecule has 1 atom stereocenters. The van der Waals surface area contributed by atoms with Crippen LogP contribution in [-0.2, 0) is 6.54 Å². The van der Waals surface area contributed by atoms with E-state index in [0.29, 0.717) is 18.3 Å². The molecule has 6 nitrogen and oxygen atoms in total. The third kappa shape index (κ3) is 5.23. The summed E-state index contributed by atoms with van der Waals surface area (Å²) >= 11 is 0. The van der Waals surface area contributed by atoms with E-state index in [0.717, 1.165) is 43.7 Å². The Morgan fingerprint density at radius 3 is 2.55 bits per heavy atom. The van der Waals surface area contributed by atoms with E-state index < -0.39 is 0 Å². The van der Waals surface area contributed by atoms with Gasteiger partial charge in [-0.1, -0.05) is 36.4 Å². The lowest BCUT2D eigenvalue weighted by atomic mass is 10.1. The minimum Gasteiger partial charge on any atom is -0.410 e. The second-order valence-corrected chi connectivity index (χ2v) is 7.26. The van der Waals surface area contributed by atoms with Gasteiger partial charge in [0.1, 0.15) is 5.75 Å². The molecule has 0 radical (unpaired) electrons. The van der Waals surface area contributed by atoms with Crippen LogP contribution in [0.3, 0.4) is 0 Å². The minimum absolute atomic E-state index is 0.265. The van der Waals surface area contributed by atoms with Crippen molar-refractivity contribution in [3.05, 3.63) is 78.6 Å². The summed E-state index contributed by atoms with van der Waals surface area (Å²) in [5.74, 6) is 0.588. The summed E-state index contributed by atoms with van der Waals surface area (Å²) in [6, 6.07) is 21.7. The molecule has 0 aliphatic carbocycles. The molecule has 0 spiro atoms. The van der Waals surface area contributed by atoms with Gasteiger partial charge in [0.05, 0.1) is 11.4 Å². The quantitative estimate of drug-likeness (QED) is 0.715. The number of aromatic nitrogens is 2. The van der Waals surface area contributed by atoms with Gasteiger partial charge in [-0.25, -0.2) is 9.48 Å². The van der Waals surface area contributed by atoms with E-state index in [1.807, 2.05) is 65.5 Å². The molecule has 0 saturated carbocycles. The van der Waals surface area contributed by atoms with Gasteiger partial charge >= 0.3 is 6.09 Å². The van der Waals surface area contributed by atoms with E-state index in [-0.39, 0.29) is 6.09 Å². The van der Waals surface area contributed by atoms with Crippen LogP contribution in [0.1, 0.15) is 25.0 Å². The summed E-state index contributed by atoms with van der Waals surface area (Å²) in [6.07, 6.45) is 4.62. The summed E-state index contributed by atoms with van der Waals surface area (Å²) in [5.41, 5.74) is 2.07. The van der Waals surface area contributed by atoms with Gasteiger partial charge < -0.3 is 15.0 Å². The summed E-state index contributed by atoms with van der Waals surface area (Å²) in [7, 11) is 0. The Labute approximate surface area is 171 Å². The molecule has 1 N–H and O–H groups in total. The Morgan fingerprint density at radius 2 is 1.76 bits per heavy atom. The van der Waals surface area contributed by atoms with Gasteiger partial charge in [-0.05, 0) is 49.6 Å². The first-order chi connectivity index (χ1) is 14.3. The van der Waals surface area contributed by atoms with Crippen molar-refractivity contribution in [3.8, 4) is 11.4 Å². The van der Waals surface area contributed by atoms with Crippen LogP contribution >= 0.6 is 0 Å². The third-order valence-corrected chi connectivity index (χ3v) is 5.17. The molecular formula is C23H26N4O2. The van der Waals surface area contributed by atoms with Crippen LogP contribution in [0.5, 0.6) is 5.75 Å². The average Bonchev–Trinajstić information content (AvgIpc) is 3.11. The molecule has 3 aromatic rings. The van der Waals surface area contributed by atoms with Gasteiger partial charge in [0.2, 0.25) is 0 Å². The Morgan fingerprint density at radius 1 is 1.00 bits per heavy atom. The van der Waals surface area contributed by atoms with Crippen molar-refractivity contribution in [1.82, 2.24) is 20.0 Å². The number of hydrogen-bond donors (Lipinski definition) is 1. The monoisotopic (exact) mass is 390 g/mol. The number of nitrogens with zero attached hydrogens (tertiary/aromatic N) is 3. The number of rotatable bonds is 5. The van der Waals surface area contributed by atoms with Crippen LogP contribution < -0.4 is 10.1 Å². The molecule has 150 valence electrons. The second kappa shape index (κ2) is 9.39. The van der Waals surface area contributed by atoms with Crippen LogP contribution in [0.15, 0.2) is 72.9 Å². The highest BCUT2D eigenvalue weighted by atomic mass is 16.6. The van der Waals surface area contributed by atoms with E-state index in [1.54, 1.807) is 17.0 Å². The lowest BCUT2D eigenvalue weighted by molar-refractivity contribution is 0.153. The minimum atomic E-state index is -0.265. The predicted molar refractivity (Wildman–Crippen MR) is 112 cm³/mol. The number of hydrogen-bond acceptors (Lipinski definition) is 4. The lowest BCUT2D eigenvalue weighted by Gasteiger charge is -2.20. The summed E-state index contributed by atoms with van der Waals surface area (Å²) in [5, 5.41) is 8.25. The second-order valence-electron chi connectivity index (χ2n) is 7.26. The average molecular weight is 390 g/mol. The van der Waals surface area contributed by atoms with Gasteiger partial charge in [-0.15, -0.1) is 0 Å². The van der Waals surface area contributed by atoms with E-state index in [9.17, 15) is 4.79 Å². The highest BCUT2D eigenvalue weighted by molar-refractivity contribution is 5.70. The van der Waals surface area contributed by atoms with Crippen molar-refractivity contribution in [2.24, 2.45) is 0 Å². The van der Waals surface area contributed by atoms with Crippen molar-refractivity contribution >= 4 is 6.09 Å². The van der Waals surface area contributed by atoms with Gasteiger partial charge in [-0.3, -0.25) is 0 Å². The van der Waals surface area contributed by atoms with Crippen molar-refractivity contribution in [3.63, 3.8) is 0 Å². The normalized spacial score (nSPS) is 17.0. The fraction of sp³-hybridized carbons (Fsp3) is 0.304. The molecule has 6 heteroatoms. The van der Waals surface area contributed by atoms with E-state index in [4.69, 9.17) is 4.74 Å². The maximum atomic E-state index is 12.4. The van der Waals surface area contributed by atoms with Crippen LogP contribution in [-0.4, -0.2) is 39.9 Å². The molecule has 1 fully saturated rings. The fourth-order valence-corrected chi connectivity index (χ4v) is 3.57. The molecule has 1 unspecified atom stereocenters. The van der Waals surface area contributed by atoms with Gasteiger partial charge in [0, 0.05) is 31.9 Å². The molecule has 1 aliphatic heterocycles. The third-order valence-electron chi connectivity index (χ3n) is 5.17. The Kier molecular flexibility index (Phi) is 6.22. The zero-order valence-corrected chi connectivity index (χ0v) is 16.4. The van der Waals surface area contributed by atoms with Crippen LogP contribution in [0.2, 0.25) is 0 Å². The number of carbonyl (C=O) groups is 1. The number of carbonyl (C=O) groups excluding carboxylic acids is 1. The SMILES string of the molecule is O=C(Oc1ccccc1)N1CCCC(NCc2ccn(-c3ccccc3)n2)CC1. The number of para-hydroxylation sites is 2. The number of benzene rings is 2. The molecule has 1 aromatic heterocycles. The van der Waals surface area contributed by atoms with Gasteiger partial charge in [0.25, 0.3) is 0 Å². The van der Waals surface area contributed by atoms with Crippen LogP contribution in [0.4, 0.5) is 4.79 Å². The zero-order chi connectivity index (χ0) is 19.9. The summed E-state index contributed by atoms with van der Waals surface area (Å²) in [4.78, 5) is 14.2. The van der Waals surface area contributed by atoms with Crippen LogP contribution in [0, 0.1) is 0 Å². The molecule has 29 heavy (non-hydrogen) atoms. The smallest absolute Gasteiger partial charge is 0.410 e.